The number of carbonyl (C=O) groups is 3. The number of carboxylic acids is 1. The third-order valence-corrected chi connectivity index (χ3v) is 9.30. The van der Waals surface area contributed by atoms with Gasteiger partial charge in [-0.15, -0.1) is 46.4 Å². The normalized spacial score (nSPS) is 46.6. The standard InChI is InChI=1S/C12H7Cl6NO4/c13-8-2-3-9(14,12(8,17)18)11(16)7(23)19(4-1-5(20)21)6(22)10(8,11)15/h2-3H,1,4H2,(H,20,21). The van der Waals surface area contributed by atoms with E-state index in [9.17, 15) is 14.4 Å². The third-order valence-electron chi connectivity index (χ3n) is 4.56. The number of carbonyl (C=O) groups excluding carboxylic acids is 2. The maximum Gasteiger partial charge on any atom is 0.305 e. The van der Waals surface area contributed by atoms with Crippen molar-refractivity contribution in [1.82, 2.24) is 4.90 Å². The van der Waals surface area contributed by atoms with Crippen LogP contribution in [0.5, 0.6) is 0 Å². The van der Waals surface area contributed by atoms with Crippen molar-refractivity contribution in [3.63, 3.8) is 0 Å². The van der Waals surface area contributed by atoms with Gasteiger partial charge in [-0.3, -0.25) is 19.3 Å². The second-order valence-corrected chi connectivity index (χ2v) is 9.21. The molecule has 2 aliphatic carbocycles. The second-order valence-electron chi connectivity index (χ2n) is 5.55. The van der Waals surface area contributed by atoms with Gasteiger partial charge in [-0.2, -0.15) is 0 Å². The molecule has 0 spiro atoms. The topological polar surface area (TPSA) is 74.7 Å². The molecule has 0 aromatic carbocycles. The minimum absolute atomic E-state index is 0.423. The molecule has 1 saturated heterocycles. The Kier molecular flexibility index (Phi) is 3.60. The van der Waals surface area contributed by atoms with Gasteiger partial charge in [0, 0.05) is 6.54 Å². The fraction of sp³-hybridized carbons (Fsp3) is 0.583. The van der Waals surface area contributed by atoms with E-state index in [-0.39, 0.29) is 0 Å². The molecule has 2 fully saturated rings. The average Bonchev–Trinajstić information content (AvgIpc) is 2.77. The van der Waals surface area contributed by atoms with Crippen molar-refractivity contribution >= 4 is 87.4 Å². The summed E-state index contributed by atoms with van der Waals surface area (Å²) in [4.78, 5) is 28.5. The number of rotatable bonds is 3. The van der Waals surface area contributed by atoms with Gasteiger partial charge < -0.3 is 5.11 Å². The van der Waals surface area contributed by atoms with E-state index in [0.29, 0.717) is 4.90 Å². The lowest BCUT2D eigenvalue weighted by Crippen LogP contribution is -2.60. The number of hydrogen-bond acceptors (Lipinski definition) is 3. The van der Waals surface area contributed by atoms with Crippen LogP contribution in [0.15, 0.2) is 12.2 Å². The van der Waals surface area contributed by atoms with Crippen molar-refractivity contribution < 1.29 is 19.5 Å². The molecule has 0 aromatic heterocycles. The molecule has 1 aliphatic heterocycles. The van der Waals surface area contributed by atoms with E-state index in [1.807, 2.05) is 0 Å². The van der Waals surface area contributed by atoms with E-state index in [1.54, 1.807) is 0 Å². The van der Waals surface area contributed by atoms with E-state index in [2.05, 4.69) is 0 Å². The molecule has 1 N–H and O–H groups in total. The summed E-state index contributed by atoms with van der Waals surface area (Å²) in [5.41, 5.74) is 0. The fourth-order valence-electron chi connectivity index (χ4n) is 3.35. The van der Waals surface area contributed by atoms with Gasteiger partial charge in [0.2, 0.25) is 0 Å². The minimum atomic E-state index is -2.25. The molecule has 5 nitrogen and oxygen atoms in total. The highest BCUT2D eigenvalue weighted by Gasteiger charge is 2.96. The molecule has 1 saturated carbocycles. The third kappa shape index (κ3) is 1.50. The van der Waals surface area contributed by atoms with E-state index >= 15 is 0 Å². The van der Waals surface area contributed by atoms with E-state index < -0.39 is 54.6 Å². The number of hydrogen-bond donors (Lipinski definition) is 1. The monoisotopic (exact) mass is 439 g/mol. The van der Waals surface area contributed by atoms with Crippen LogP contribution in [-0.2, 0) is 14.4 Å². The number of alkyl halides is 6. The summed E-state index contributed by atoms with van der Waals surface area (Å²) in [6, 6.07) is 0. The van der Waals surface area contributed by atoms with Crippen LogP contribution in [0.1, 0.15) is 6.42 Å². The molecule has 3 rings (SSSR count). The van der Waals surface area contributed by atoms with Gasteiger partial charge in [0.05, 0.1) is 6.42 Å². The number of likely N-dealkylation sites (tertiary alicyclic amines) is 1. The number of nitrogens with zero attached hydrogens (tertiary/aromatic N) is 1. The van der Waals surface area contributed by atoms with Crippen molar-refractivity contribution in [1.29, 1.82) is 0 Å². The molecule has 126 valence electrons. The molecule has 3 aliphatic rings. The largest absolute Gasteiger partial charge is 0.481 e. The number of allylic oxidation sites excluding steroid dienone is 2. The van der Waals surface area contributed by atoms with Crippen molar-refractivity contribution in [2.45, 2.75) is 30.3 Å². The van der Waals surface area contributed by atoms with Crippen LogP contribution in [0.2, 0.25) is 0 Å². The maximum atomic E-state index is 12.8. The smallest absolute Gasteiger partial charge is 0.305 e. The Morgan fingerprint density at radius 3 is 1.70 bits per heavy atom. The molecule has 0 radical (unpaired) electrons. The minimum Gasteiger partial charge on any atom is -0.481 e. The van der Waals surface area contributed by atoms with E-state index in [4.69, 9.17) is 74.7 Å². The molecule has 1 heterocycles. The van der Waals surface area contributed by atoms with Gasteiger partial charge in [0.25, 0.3) is 11.8 Å². The van der Waals surface area contributed by atoms with Gasteiger partial charge >= 0.3 is 5.97 Å². The molecule has 2 amide bonds. The molecule has 4 unspecified atom stereocenters. The van der Waals surface area contributed by atoms with Crippen molar-refractivity contribution in [2.75, 3.05) is 6.54 Å². The second kappa shape index (κ2) is 4.63. The van der Waals surface area contributed by atoms with Crippen LogP contribution in [0.4, 0.5) is 0 Å². The lowest BCUT2D eigenvalue weighted by molar-refractivity contribution is -0.142. The Hall–Kier alpha value is 0.0900. The number of halogens is 6. The lowest BCUT2D eigenvalue weighted by Gasteiger charge is -2.37. The fourth-order valence-corrected chi connectivity index (χ4v) is 6.45. The van der Waals surface area contributed by atoms with Gasteiger partial charge in [-0.25, -0.2) is 0 Å². The first-order valence-corrected chi connectivity index (χ1v) is 8.52. The van der Waals surface area contributed by atoms with Crippen molar-refractivity contribution in [2.24, 2.45) is 0 Å². The highest BCUT2D eigenvalue weighted by molar-refractivity contribution is 6.70. The quantitative estimate of drug-likeness (QED) is 0.415. The lowest BCUT2D eigenvalue weighted by atomic mass is 9.82. The molecule has 11 heteroatoms. The van der Waals surface area contributed by atoms with Gasteiger partial charge in [0.15, 0.2) is 14.1 Å². The zero-order valence-corrected chi connectivity index (χ0v) is 15.5. The summed E-state index contributed by atoms with van der Waals surface area (Å²) >= 11 is 38.3. The van der Waals surface area contributed by atoms with E-state index in [1.165, 1.54) is 12.2 Å². The molecule has 2 bridgehead atoms. The molecule has 0 aromatic rings. The average molecular weight is 442 g/mol. The highest BCUT2D eigenvalue weighted by Crippen LogP contribution is 2.78. The summed E-state index contributed by atoms with van der Waals surface area (Å²) < 4.78 is -2.03. The first-order valence-electron chi connectivity index (χ1n) is 6.25. The molecule has 23 heavy (non-hydrogen) atoms. The van der Waals surface area contributed by atoms with Gasteiger partial charge in [0.1, 0.15) is 9.75 Å². The van der Waals surface area contributed by atoms with Crippen LogP contribution in [0.3, 0.4) is 0 Å². The summed E-state index contributed by atoms with van der Waals surface area (Å²) in [6.07, 6.45) is 2.02. The first kappa shape index (κ1) is 17.9. The zero-order valence-electron chi connectivity index (χ0n) is 11.0. The summed E-state index contributed by atoms with van der Waals surface area (Å²) in [5.74, 6) is -3.16. The number of carboxylic acid groups (broad SMARTS) is 1. The highest BCUT2D eigenvalue weighted by atomic mass is 35.5. The van der Waals surface area contributed by atoms with Crippen molar-refractivity contribution in [3.8, 4) is 0 Å². The summed E-state index contributed by atoms with van der Waals surface area (Å²) in [7, 11) is 0. The Bertz CT molecular complexity index is 651. The predicted molar refractivity (Wildman–Crippen MR) is 86.9 cm³/mol. The Balaban J connectivity index is 2.19. The number of aliphatic carboxylic acids is 1. The molecule has 4 atom stereocenters. The Morgan fingerprint density at radius 1 is 0.957 bits per heavy atom. The summed E-state index contributed by atoms with van der Waals surface area (Å²) in [6.45, 7) is -0.423. The number of amides is 2. The van der Waals surface area contributed by atoms with Gasteiger partial charge in [-0.1, -0.05) is 35.4 Å². The zero-order chi connectivity index (χ0) is 17.6. The molecular weight excluding hydrogens is 435 g/mol. The van der Waals surface area contributed by atoms with Crippen LogP contribution >= 0.6 is 69.6 Å². The van der Waals surface area contributed by atoms with Crippen LogP contribution in [0, 0.1) is 0 Å². The number of fused-ring (bicyclic) bond motifs is 5. The van der Waals surface area contributed by atoms with Crippen LogP contribution in [0.25, 0.3) is 0 Å². The van der Waals surface area contributed by atoms with E-state index in [0.717, 1.165) is 0 Å². The first-order chi connectivity index (χ1) is 10.3. The van der Waals surface area contributed by atoms with Gasteiger partial charge in [-0.05, 0) is 0 Å². The Labute approximate surface area is 160 Å². The van der Waals surface area contributed by atoms with Crippen LogP contribution in [-0.4, -0.2) is 58.2 Å². The molecular formula is C12H7Cl6NO4. The Morgan fingerprint density at radius 2 is 1.35 bits per heavy atom. The van der Waals surface area contributed by atoms with Crippen molar-refractivity contribution in [3.05, 3.63) is 12.2 Å². The number of imide groups is 1. The SMILES string of the molecule is O=C(O)CCN1C(=O)C2(Cl)C3(Cl)C=CC(Cl)(C3(Cl)Cl)C2(Cl)C1=O. The predicted octanol–water partition coefficient (Wildman–Crippen LogP) is 2.50. The summed E-state index contributed by atoms with van der Waals surface area (Å²) in [5, 5.41) is 8.76. The van der Waals surface area contributed by atoms with Crippen LogP contribution < -0.4 is 0 Å². The maximum absolute atomic E-state index is 12.8.